The Labute approximate surface area is 111 Å². The van der Waals surface area contributed by atoms with Crippen LogP contribution in [0.3, 0.4) is 0 Å². The molecule has 0 radical (unpaired) electrons. The Morgan fingerprint density at radius 2 is 2.42 bits per heavy atom. The van der Waals surface area contributed by atoms with E-state index in [-0.39, 0.29) is 12.0 Å². The Bertz CT molecular complexity index is 589. The van der Waals surface area contributed by atoms with E-state index in [1.54, 1.807) is 0 Å². The molecule has 5 heteroatoms. The SMILES string of the molecule is Cc1cc2c(c3c1NC(=O)CC3)OC(CNC#N)C2. The Balaban J connectivity index is 1.93. The maximum absolute atomic E-state index is 11.5. The van der Waals surface area contributed by atoms with E-state index in [1.165, 1.54) is 5.56 Å². The van der Waals surface area contributed by atoms with Crippen molar-refractivity contribution in [2.24, 2.45) is 0 Å². The lowest BCUT2D eigenvalue weighted by molar-refractivity contribution is -0.116. The van der Waals surface area contributed by atoms with Crippen LogP contribution in [-0.4, -0.2) is 18.6 Å². The zero-order chi connectivity index (χ0) is 13.4. The monoisotopic (exact) mass is 257 g/mol. The number of aryl methyl sites for hydroxylation is 1. The first-order valence-corrected chi connectivity index (χ1v) is 6.43. The highest BCUT2D eigenvalue weighted by Crippen LogP contribution is 2.41. The number of nitrogens with zero attached hydrogens (tertiary/aromatic N) is 1. The summed E-state index contributed by atoms with van der Waals surface area (Å²) in [5, 5.41) is 14.1. The van der Waals surface area contributed by atoms with E-state index in [9.17, 15) is 4.79 Å². The summed E-state index contributed by atoms with van der Waals surface area (Å²) in [6.45, 7) is 2.52. The Morgan fingerprint density at radius 1 is 1.58 bits per heavy atom. The largest absolute Gasteiger partial charge is 0.488 e. The zero-order valence-corrected chi connectivity index (χ0v) is 10.7. The number of carbonyl (C=O) groups excluding carboxylic acids is 1. The first-order chi connectivity index (χ1) is 9.19. The van der Waals surface area contributed by atoms with E-state index >= 15 is 0 Å². The molecule has 2 N–H and O–H groups in total. The van der Waals surface area contributed by atoms with Gasteiger partial charge in [0.15, 0.2) is 6.19 Å². The van der Waals surface area contributed by atoms with E-state index in [0.717, 1.165) is 35.4 Å². The molecule has 2 heterocycles. The van der Waals surface area contributed by atoms with Crippen molar-refractivity contribution >= 4 is 11.6 Å². The van der Waals surface area contributed by atoms with Gasteiger partial charge in [0.25, 0.3) is 0 Å². The molecule has 1 unspecified atom stereocenters. The van der Waals surface area contributed by atoms with Gasteiger partial charge in [0.1, 0.15) is 11.9 Å². The van der Waals surface area contributed by atoms with E-state index in [4.69, 9.17) is 10.00 Å². The third-order valence-electron chi connectivity index (χ3n) is 3.66. The fourth-order valence-corrected chi connectivity index (χ4v) is 2.82. The second kappa shape index (κ2) is 4.47. The molecule has 19 heavy (non-hydrogen) atoms. The van der Waals surface area contributed by atoms with E-state index in [0.29, 0.717) is 13.0 Å². The molecule has 0 aliphatic carbocycles. The number of nitrogens with one attached hydrogen (secondary N) is 2. The van der Waals surface area contributed by atoms with E-state index < -0.39 is 0 Å². The van der Waals surface area contributed by atoms with Gasteiger partial charge in [0, 0.05) is 18.4 Å². The standard InChI is InChI=1S/C14H15N3O2/c1-8-4-9-5-10(6-16-7-15)19-14(9)11-2-3-12(18)17-13(8)11/h4,10,16H,2-3,5-6H2,1H3,(H,17,18). The number of fused-ring (bicyclic) bond motifs is 3. The predicted octanol–water partition coefficient (Wildman–Crippen LogP) is 1.25. The third-order valence-corrected chi connectivity index (χ3v) is 3.66. The number of benzene rings is 1. The van der Waals surface area contributed by atoms with Gasteiger partial charge in [0.2, 0.25) is 5.91 Å². The van der Waals surface area contributed by atoms with E-state index in [2.05, 4.69) is 16.7 Å². The smallest absolute Gasteiger partial charge is 0.224 e. The number of hydrogen-bond acceptors (Lipinski definition) is 4. The summed E-state index contributed by atoms with van der Waals surface area (Å²) in [4.78, 5) is 11.5. The highest BCUT2D eigenvalue weighted by Gasteiger charge is 2.30. The summed E-state index contributed by atoms with van der Waals surface area (Å²) in [6.07, 6.45) is 3.96. The fourth-order valence-electron chi connectivity index (χ4n) is 2.82. The Morgan fingerprint density at radius 3 is 3.21 bits per heavy atom. The van der Waals surface area contributed by atoms with Crippen LogP contribution in [0.5, 0.6) is 5.75 Å². The van der Waals surface area contributed by atoms with Crippen LogP contribution in [0.1, 0.15) is 23.1 Å². The predicted molar refractivity (Wildman–Crippen MR) is 69.9 cm³/mol. The Hall–Kier alpha value is -2.22. The highest BCUT2D eigenvalue weighted by atomic mass is 16.5. The van der Waals surface area contributed by atoms with Gasteiger partial charge in [-0.05, 0) is 24.5 Å². The van der Waals surface area contributed by atoms with Gasteiger partial charge in [-0.1, -0.05) is 6.07 Å². The molecule has 0 saturated carbocycles. The van der Waals surface area contributed by atoms with Gasteiger partial charge < -0.3 is 15.4 Å². The van der Waals surface area contributed by atoms with Crippen molar-refractivity contribution in [2.75, 3.05) is 11.9 Å². The molecule has 1 aromatic rings. The van der Waals surface area contributed by atoms with Crippen LogP contribution in [0, 0.1) is 18.4 Å². The van der Waals surface area contributed by atoms with Gasteiger partial charge in [-0.15, -0.1) is 0 Å². The number of amides is 1. The topological polar surface area (TPSA) is 74.2 Å². The molecular weight excluding hydrogens is 242 g/mol. The quantitative estimate of drug-likeness (QED) is 0.618. The number of nitriles is 1. The van der Waals surface area contributed by atoms with Crippen LogP contribution in [0.2, 0.25) is 0 Å². The minimum Gasteiger partial charge on any atom is -0.488 e. The number of anilines is 1. The fraction of sp³-hybridized carbons (Fsp3) is 0.429. The van der Waals surface area contributed by atoms with Crippen molar-refractivity contribution in [1.29, 1.82) is 5.26 Å². The van der Waals surface area contributed by atoms with Crippen LogP contribution in [0.4, 0.5) is 5.69 Å². The first kappa shape index (κ1) is 11.8. The molecule has 5 nitrogen and oxygen atoms in total. The molecule has 0 bridgehead atoms. The van der Waals surface area contributed by atoms with Crippen LogP contribution in [0.25, 0.3) is 0 Å². The summed E-state index contributed by atoms with van der Waals surface area (Å²) in [5.74, 6) is 0.974. The van der Waals surface area contributed by atoms with Gasteiger partial charge in [-0.2, -0.15) is 5.26 Å². The lowest BCUT2D eigenvalue weighted by Crippen LogP contribution is -2.27. The van der Waals surface area contributed by atoms with Gasteiger partial charge in [-0.3, -0.25) is 4.79 Å². The number of rotatable bonds is 2. The molecule has 2 aliphatic rings. The van der Waals surface area contributed by atoms with Crippen molar-refractivity contribution in [3.8, 4) is 11.9 Å². The van der Waals surface area contributed by atoms with Crippen molar-refractivity contribution in [3.05, 3.63) is 22.8 Å². The van der Waals surface area contributed by atoms with Gasteiger partial charge in [0.05, 0.1) is 12.2 Å². The minimum absolute atomic E-state index is 0.00169. The molecule has 2 aliphatic heterocycles. The molecule has 0 saturated heterocycles. The highest BCUT2D eigenvalue weighted by molar-refractivity contribution is 5.95. The summed E-state index contributed by atoms with van der Waals surface area (Å²) in [5.41, 5.74) is 4.27. The average molecular weight is 257 g/mol. The van der Waals surface area contributed by atoms with Crippen molar-refractivity contribution in [1.82, 2.24) is 5.32 Å². The summed E-state index contributed by atoms with van der Waals surface area (Å²) < 4.78 is 5.93. The first-order valence-electron chi connectivity index (χ1n) is 6.43. The van der Waals surface area contributed by atoms with Crippen molar-refractivity contribution in [2.45, 2.75) is 32.3 Å². The maximum Gasteiger partial charge on any atom is 0.224 e. The Kier molecular flexibility index (Phi) is 2.79. The number of hydrogen-bond donors (Lipinski definition) is 2. The second-order valence-corrected chi connectivity index (χ2v) is 5.02. The minimum atomic E-state index is -0.00169. The van der Waals surface area contributed by atoms with Crippen LogP contribution < -0.4 is 15.4 Å². The van der Waals surface area contributed by atoms with Crippen LogP contribution in [0.15, 0.2) is 6.07 Å². The number of ether oxygens (including phenoxy) is 1. The van der Waals surface area contributed by atoms with Crippen LogP contribution in [-0.2, 0) is 17.6 Å². The molecule has 3 rings (SSSR count). The number of carbonyl (C=O) groups is 1. The lowest BCUT2D eigenvalue weighted by atomic mass is 9.94. The normalized spacial score (nSPS) is 19.8. The third kappa shape index (κ3) is 1.99. The molecule has 0 fully saturated rings. The zero-order valence-electron chi connectivity index (χ0n) is 10.7. The average Bonchev–Trinajstić information content (AvgIpc) is 2.79. The molecule has 0 aromatic heterocycles. The molecular formula is C14H15N3O2. The molecule has 1 aromatic carbocycles. The molecule has 1 atom stereocenters. The van der Waals surface area contributed by atoms with Gasteiger partial charge in [-0.25, -0.2) is 0 Å². The van der Waals surface area contributed by atoms with Gasteiger partial charge >= 0.3 is 0 Å². The lowest BCUT2D eigenvalue weighted by Gasteiger charge is -2.21. The van der Waals surface area contributed by atoms with Crippen molar-refractivity contribution < 1.29 is 9.53 Å². The van der Waals surface area contributed by atoms with Crippen molar-refractivity contribution in [3.63, 3.8) is 0 Å². The van der Waals surface area contributed by atoms with E-state index in [1.807, 2.05) is 13.1 Å². The summed E-state index contributed by atoms with van der Waals surface area (Å²) in [6, 6.07) is 2.08. The molecule has 0 spiro atoms. The van der Waals surface area contributed by atoms with Crippen LogP contribution >= 0.6 is 0 Å². The maximum atomic E-state index is 11.5. The summed E-state index contributed by atoms with van der Waals surface area (Å²) >= 11 is 0. The second-order valence-electron chi connectivity index (χ2n) is 5.02. The summed E-state index contributed by atoms with van der Waals surface area (Å²) in [7, 11) is 0. The molecule has 98 valence electrons. The molecule has 1 amide bonds.